The van der Waals surface area contributed by atoms with Crippen molar-refractivity contribution in [3.05, 3.63) is 29.3 Å². The van der Waals surface area contributed by atoms with Crippen LogP contribution in [0.4, 0.5) is 0 Å². The molecule has 2 aliphatic heterocycles. The second-order valence-corrected chi connectivity index (χ2v) is 9.75. The molecule has 2 aliphatic rings. The lowest BCUT2D eigenvalue weighted by atomic mass is 10.0. The summed E-state index contributed by atoms with van der Waals surface area (Å²) in [6, 6.07) is 3.74. The van der Waals surface area contributed by atoms with Gasteiger partial charge in [0.2, 0.25) is 11.8 Å². The number of benzene rings is 1. The highest BCUT2D eigenvalue weighted by atomic mass is 127. The van der Waals surface area contributed by atoms with Gasteiger partial charge < -0.3 is 0 Å². The van der Waals surface area contributed by atoms with Crippen molar-refractivity contribution in [2.45, 2.75) is 55.9 Å². The Morgan fingerprint density at radius 3 is 2.48 bits per heavy atom. The molecule has 156 valence electrons. The van der Waals surface area contributed by atoms with E-state index in [4.69, 9.17) is 0 Å². The van der Waals surface area contributed by atoms with E-state index >= 15 is 0 Å². The minimum absolute atomic E-state index is 0.0696. The highest BCUT2D eigenvalue weighted by Gasteiger charge is 2.45. The third-order valence-corrected chi connectivity index (χ3v) is 7.39. The lowest BCUT2D eigenvalue weighted by Crippen LogP contribution is -2.54. The van der Waals surface area contributed by atoms with Crippen molar-refractivity contribution < 1.29 is 23.4 Å². The first-order valence-corrected chi connectivity index (χ1v) is 12.6. The summed E-state index contributed by atoms with van der Waals surface area (Å²) in [5.41, 5.74) is 0.304. The fourth-order valence-electron chi connectivity index (χ4n) is 3.64. The molecule has 0 aliphatic carbocycles. The number of hydrogen-bond acceptors (Lipinski definition) is 5. The number of carbonyl (C=O) groups excluding carboxylic acids is 4. The molecule has 1 aromatic rings. The van der Waals surface area contributed by atoms with Gasteiger partial charge >= 0.3 is 0 Å². The maximum atomic E-state index is 13.0. The largest absolute Gasteiger partial charge is 0.295 e. The summed E-state index contributed by atoms with van der Waals surface area (Å²) in [5.74, 6) is -1.81. The number of alkyl halides is 1. The molecule has 0 aromatic heterocycles. The van der Waals surface area contributed by atoms with Gasteiger partial charge in [0.1, 0.15) is 6.04 Å². The Bertz CT molecular complexity index is 872. The molecular weight excluding hydrogens is 507 g/mol. The van der Waals surface area contributed by atoms with Gasteiger partial charge in [0.05, 0.1) is 26.8 Å². The van der Waals surface area contributed by atoms with E-state index in [0.717, 1.165) is 35.0 Å². The van der Waals surface area contributed by atoms with E-state index in [-0.39, 0.29) is 24.0 Å². The Kier molecular flexibility index (Phi) is 7.55. The summed E-state index contributed by atoms with van der Waals surface area (Å²) in [6.07, 6.45) is 5.37. The molecule has 1 fully saturated rings. The zero-order valence-corrected chi connectivity index (χ0v) is 18.9. The number of hydrogen-bond donors (Lipinski definition) is 1. The average Bonchev–Trinajstić information content (AvgIpc) is 2.95. The number of amides is 4. The predicted octanol–water partition coefficient (Wildman–Crippen LogP) is 2.58. The van der Waals surface area contributed by atoms with Crippen LogP contribution in [0.1, 0.15) is 65.7 Å². The second kappa shape index (κ2) is 9.92. The molecule has 1 N–H and O–H groups in total. The lowest BCUT2D eigenvalue weighted by Gasteiger charge is -2.27. The monoisotopic (exact) mass is 530 g/mol. The smallest absolute Gasteiger partial charge is 0.263 e. The van der Waals surface area contributed by atoms with Crippen LogP contribution < -0.4 is 5.32 Å². The van der Waals surface area contributed by atoms with Crippen molar-refractivity contribution in [3.63, 3.8) is 0 Å². The van der Waals surface area contributed by atoms with Gasteiger partial charge in [-0.05, 0) is 35.8 Å². The molecule has 0 spiro atoms. The number of fused-ring (bicyclic) bond motifs is 1. The molecule has 1 aromatic carbocycles. The minimum Gasteiger partial charge on any atom is -0.295 e. The molecule has 29 heavy (non-hydrogen) atoms. The van der Waals surface area contributed by atoms with Gasteiger partial charge in [-0.25, -0.2) is 0 Å². The zero-order valence-electron chi connectivity index (χ0n) is 15.9. The van der Waals surface area contributed by atoms with Gasteiger partial charge in [-0.1, -0.05) is 47.9 Å². The molecule has 2 unspecified atom stereocenters. The van der Waals surface area contributed by atoms with Crippen LogP contribution >= 0.6 is 22.6 Å². The Labute approximate surface area is 185 Å². The van der Waals surface area contributed by atoms with Crippen molar-refractivity contribution >= 4 is 57.0 Å². The molecule has 4 amide bonds. The van der Waals surface area contributed by atoms with Crippen molar-refractivity contribution in [1.82, 2.24) is 10.2 Å². The number of unbranched alkanes of at least 4 members (excludes halogenated alkanes) is 4. The molecule has 1 saturated heterocycles. The number of nitrogens with zero attached hydrogens (tertiary/aromatic N) is 1. The highest BCUT2D eigenvalue weighted by molar-refractivity contribution is 14.1. The van der Waals surface area contributed by atoms with E-state index in [1.165, 1.54) is 12.5 Å². The van der Waals surface area contributed by atoms with Crippen LogP contribution in [-0.2, 0) is 20.4 Å². The van der Waals surface area contributed by atoms with E-state index in [2.05, 4.69) is 27.9 Å². The Hall–Kier alpha value is -1.62. The number of halogens is 1. The molecule has 3 rings (SSSR count). The van der Waals surface area contributed by atoms with Crippen LogP contribution in [0.2, 0.25) is 0 Å². The number of piperidine rings is 1. The lowest BCUT2D eigenvalue weighted by molar-refractivity contribution is -0.136. The maximum Gasteiger partial charge on any atom is 0.263 e. The predicted molar refractivity (Wildman–Crippen MR) is 116 cm³/mol. The average molecular weight is 530 g/mol. The number of rotatable bonds is 9. The molecule has 0 saturated carbocycles. The summed E-state index contributed by atoms with van der Waals surface area (Å²) in [7, 11) is -1.40. The normalized spacial score (nSPS) is 20.0. The fourth-order valence-corrected chi connectivity index (χ4v) is 5.52. The van der Waals surface area contributed by atoms with E-state index in [1.807, 2.05) is 0 Å². The van der Waals surface area contributed by atoms with Crippen LogP contribution in [0.5, 0.6) is 0 Å². The van der Waals surface area contributed by atoms with Gasteiger partial charge in [0.15, 0.2) is 0 Å². The topological polar surface area (TPSA) is 101 Å². The second-order valence-electron chi connectivity index (χ2n) is 7.13. The highest BCUT2D eigenvalue weighted by Crippen LogP contribution is 2.31. The summed E-state index contributed by atoms with van der Waals surface area (Å²) in [4.78, 5) is 50.6. The van der Waals surface area contributed by atoms with Crippen LogP contribution in [-0.4, -0.2) is 49.0 Å². The number of carbonyl (C=O) groups is 4. The molecular formula is C20H23IN2O5S. The first-order chi connectivity index (χ1) is 14.0. The number of imide groups is 2. The third kappa shape index (κ3) is 4.76. The van der Waals surface area contributed by atoms with Gasteiger partial charge in [0.25, 0.3) is 11.8 Å². The molecule has 2 heterocycles. The van der Waals surface area contributed by atoms with E-state index in [0.29, 0.717) is 10.6 Å². The minimum atomic E-state index is -1.40. The molecule has 0 radical (unpaired) electrons. The van der Waals surface area contributed by atoms with Gasteiger partial charge in [-0.2, -0.15) is 0 Å². The first-order valence-electron chi connectivity index (χ1n) is 9.74. The van der Waals surface area contributed by atoms with Crippen molar-refractivity contribution in [3.8, 4) is 0 Å². The maximum absolute atomic E-state index is 13.0. The Balaban J connectivity index is 1.73. The van der Waals surface area contributed by atoms with Crippen LogP contribution in [0.25, 0.3) is 0 Å². The summed E-state index contributed by atoms with van der Waals surface area (Å²) in [5, 5.41) is 2.18. The third-order valence-electron chi connectivity index (χ3n) is 5.14. The van der Waals surface area contributed by atoms with Gasteiger partial charge in [-0.15, -0.1) is 0 Å². The van der Waals surface area contributed by atoms with Crippen molar-refractivity contribution in [1.29, 1.82) is 0 Å². The molecule has 7 nitrogen and oxygen atoms in total. The molecule has 9 heteroatoms. The Morgan fingerprint density at radius 1 is 1.03 bits per heavy atom. The molecule has 0 bridgehead atoms. The quantitative estimate of drug-likeness (QED) is 0.229. The standard InChI is InChI=1S/C20H23IN2O5S/c21-11-4-2-1-3-5-12-29(28)15-8-6-7-13-17(15)20(27)23(19(13)26)14-9-10-16(24)22-18(14)25/h6-8,14H,1-5,9-12H2,(H,22,24,25). The van der Waals surface area contributed by atoms with Gasteiger partial charge in [0, 0.05) is 12.2 Å². The number of nitrogens with one attached hydrogen (secondary N) is 1. The van der Waals surface area contributed by atoms with Gasteiger partial charge in [-0.3, -0.25) is 33.6 Å². The van der Waals surface area contributed by atoms with Crippen molar-refractivity contribution in [2.75, 3.05) is 10.2 Å². The van der Waals surface area contributed by atoms with E-state index in [1.54, 1.807) is 12.1 Å². The van der Waals surface area contributed by atoms with E-state index < -0.39 is 40.5 Å². The molecule has 2 atom stereocenters. The Morgan fingerprint density at radius 2 is 1.76 bits per heavy atom. The van der Waals surface area contributed by atoms with Crippen LogP contribution in [0.15, 0.2) is 23.1 Å². The zero-order chi connectivity index (χ0) is 21.0. The van der Waals surface area contributed by atoms with E-state index in [9.17, 15) is 23.4 Å². The van der Waals surface area contributed by atoms with Crippen molar-refractivity contribution in [2.24, 2.45) is 0 Å². The summed E-state index contributed by atoms with van der Waals surface area (Å²) < 4.78 is 14.0. The summed E-state index contributed by atoms with van der Waals surface area (Å²) in [6.45, 7) is 0. The van der Waals surface area contributed by atoms with Crippen LogP contribution in [0.3, 0.4) is 0 Å². The fraction of sp³-hybridized carbons (Fsp3) is 0.500. The van der Waals surface area contributed by atoms with Crippen LogP contribution in [0, 0.1) is 0 Å². The first kappa shape index (κ1) is 22.1. The summed E-state index contributed by atoms with van der Waals surface area (Å²) >= 11 is 2.35. The SMILES string of the molecule is O=C1CCC(N2C(=O)c3cccc(S(=O)CCCCCCCI)c3C2=O)C(=O)N1.